The van der Waals surface area contributed by atoms with Crippen LogP contribution in [0.3, 0.4) is 0 Å². The fourth-order valence-electron chi connectivity index (χ4n) is 9.22. The number of rotatable bonds is 3. The molecule has 8 aromatic carbocycles. The maximum Gasteiger partial charge on any atom is 0.0165 e. The van der Waals surface area contributed by atoms with E-state index in [4.69, 9.17) is 0 Å². The Balaban J connectivity index is 1.13. The molecule has 10 rings (SSSR count). The van der Waals surface area contributed by atoms with Crippen molar-refractivity contribution < 1.29 is 0 Å². The zero-order chi connectivity index (χ0) is 33.8. The van der Waals surface area contributed by atoms with Crippen molar-refractivity contribution in [2.24, 2.45) is 0 Å². The SMILES string of the molecule is CC1(C)c2cc(-c3cc(-c4ccc5ccc(-c6ccccc6)cc5c4)cc4ccccc34)ccc2-c2c1ccc1c2C(C)(C)c2ccccc2-1. The Bertz CT molecular complexity index is 2690. The normalized spacial score (nSPS) is 14.7. The van der Waals surface area contributed by atoms with E-state index in [-0.39, 0.29) is 10.8 Å². The third-order valence-corrected chi connectivity index (χ3v) is 11.8. The molecule has 50 heavy (non-hydrogen) atoms. The van der Waals surface area contributed by atoms with E-state index in [9.17, 15) is 0 Å². The maximum absolute atomic E-state index is 2.49. The van der Waals surface area contributed by atoms with E-state index in [0.29, 0.717) is 0 Å². The second-order valence-corrected chi connectivity index (χ2v) is 15.4. The van der Waals surface area contributed by atoms with Gasteiger partial charge in [-0.15, -0.1) is 0 Å². The quantitative estimate of drug-likeness (QED) is 0.181. The lowest BCUT2D eigenvalue weighted by Gasteiger charge is -2.26. The van der Waals surface area contributed by atoms with Crippen LogP contribution < -0.4 is 0 Å². The van der Waals surface area contributed by atoms with Crippen LogP contribution in [0.2, 0.25) is 0 Å². The van der Waals surface area contributed by atoms with E-state index < -0.39 is 0 Å². The zero-order valence-electron chi connectivity index (χ0n) is 29.0. The topological polar surface area (TPSA) is 0 Å². The van der Waals surface area contributed by atoms with Gasteiger partial charge in [-0.2, -0.15) is 0 Å². The van der Waals surface area contributed by atoms with Gasteiger partial charge in [-0.25, -0.2) is 0 Å². The number of hydrogen-bond donors (Lipinski definition) is 0. The minimum Gasteiger partial charge on any atom is -0.0622 e. The molecule has 0 spiro atoms. The van der Waals surface area contributed by atoms with Gasteiger partial charge in [0, 0.05) is 10.8 Å². The summed E-state index contributed by atoms with van der Waals surface area (Å²) in [7, 11) is 0. The summed E-state index contributed by atoms with van der Waals surface area (Å²) in [6.45, 7) is 9.64. The molecule has 8 aromatic rings. The largest absolute Gasteiger partial charge is 0.0622 e. The fourth-order valence-corrected chi connectivity index (χ4v) is 9.22. The van der Waals surface area contributed by atoms with Crippen LogP contribution in [0.4, 0.5) is 0 Å². The summed E-state index contributed by atoms with van der Waals surface area (Å²) in [6.07, 6.45) is 0. The molecule has 0 atom stereocenters. The van der Waals surface area contributed by atoms with Crippen LogP contribution in [0.15, 0.2) is 158 Å². The molecule has 0 unspecified atom stereocenters. The van der Waals surface area contributed by atoms with Crippen molar-refractivity contribution in [2.45, 2.75) is 38.5 Å². The first-order valence-electron chi connectivity index (χ1n) is 17.8. The smallest absolute Gasteiger partial charge is 0.0165 e. The molecule has 0 amide bonds. The second-order valence-electron chi connectivity index (χ2n) is 15.4. The van der Waals surface area contributed by atoms with Gasteiger partial charge in [0.2, 0.25) is 0 Å². The van der Waals surface area contributed by atoms with Crippen molar-refractivity contribution in [3.63, 3.8) is 0 Å². The minimum atomic E-state index is -0.108. The standard InChI is InChI=1S/C50H38/c1-49(2)45-25-24-41-40-16-10-11-17-44(40)50(3,4)48(41)47(45)42-23-22-36(30-46(42)49)43-29-38(28-35-14-8-9-15-39(35)43)34-21-19-32-18-20-33(26-37(32)27-34)31-12-6-5-7-13-31/h5-30H,1-4H3. The van der Waals surface area contributed by atoms with Gasteiger partial charge in [0.05, 0.1) is 0 Å². The first-order chi connectivity index (χ1) is 24.3. The Kier molecular flexibility index (Phi) is 6.07. The molecular formula is C50H38. The van der Waals surface area contributed by atoms with Crippen molar-refractivity contribution in [3.05, 3.63) is 180 Å². The molecule has 0 saturated heterocycles. The molecular weight excluding hydrogens is 601 g/mol. The molecule has 0 bridgehead atoms. The van der Waals surface area contributed by atoms with E-state index in [0.717, 1.165) is 0 Å². The predicted molar refractivity (Wildman–Crippen MR) is 213 cm³/mol. The Morgan fingerprint density at radius 1 is 0.320 bits per heavy atom. The Morgan fingerprint density at radius 3 is 1.80 bits per heavy atom. The van der Waals surface area contributed by atoms with Crippen LogP contribution >= 0.6 is 0 Å². The first-order valence-corrected chi connectivity index (χ1v) is 17.8. The second kappa shape index (κ2) is 10.4. The van der Waals surface area contributed by atoms with Gasteiger partial charge >= 0.3 is 0 Å². The lowest BCUT2D eigenvalue weighted by atomic mass is 9.77. The molecule has 2 aliphatic rings. The third-order valence-electron chi connectivity index (χ3n) is 11.8. The summed E-state index contributed by atoms with van der Waals surface area (Å²) in [4.78, 5) is 0. The first kappa shape index (κ1) is 29.2. The van der Waals surface area contributed by atoms with E-state index in [1.165, 1.54) is 99.4 Å². The molecule has 0 fully saturated rings. The molecule has 0 aromatic heterocycles. The lowest BCUT2D eigenvalue weighted by Crippen LogP contribution is -2.18. The minimum absolute atomic E-state index is 0.0557. The van der Waals surface area contributed by atoms with Crippen molar-refractivity contribution in [2.75, 3.05) is 0 Å². The lowest BCUT2D eigenvalue weighted by molar-refractivity contribution is 0.647. The number of hydrogen-bond acceptors (Lipinski definition) is 0. The van der Waals surface area contributed by atoms with Gasteiger partial charge in [0.25, 0.3) is 0 Å². The maximum atomic E-state index is 2.49. The molecule has 0 N–H and O–H groups in total. The van der Waals surface area contributed by atoms with E-state index in [1.807, 2.05) is 0 Å². The van der Waals surface area contributed by atoms with Gasteiger partial charge < -0.3 is 0 Å². The van der Waals surface area contributed by atoms with Gasteiger partial charge in [-0.1, -0.05) is 155 Å². The molecule has 0 nitrogen and oxygen atoms in total. The van der Waals surface area contributed by atoms with Crippen LogP contribution in [0.5, 0.6) is 0 Å². The molecule has 238 valence electrons. The highest BCUT2D eigenvalue weighted by Crippen LogP contribution is 2.59. The summed E-state index contributed by atoms with van der Waals surface area (Å²) in [5.41, 5.74) is 18.7. The van der Waals surface area contributed by atoms with Crippen LogP contribution in [0, 0.1) is 0 Å². The van der Waals surface area contributed by atoms with Crippen LogP contribution in [-0.4, -0.2) is 0 Å². The van der Waals surface area contributed by atoms with Crippen molar-refractivity contribution >= 4 is 21.5 Å². The predicted octanol–water partition coefficient (Wildman–Crippen LogP) is 13.6. The summed E-state index contributed by atoms with van der Waals surface area (Å²) in [5.74, 6) is 0. The van der Waals surface area contributed by atoms with Gasteiger partial charge in [-0.05, 0) is 130 Å². The Morgan fingerprint density at radius 2 is 0.980 bits per heavy atom. The summed E-state index contributed by atoms with van der Waals surface area (Å²) in [6, 6.07) is 59.1. The fraction of sp³-hybridized carbons (Fsp3) is 0.120. The van der Waals surface area contributed by atoms with Crippen molar-refractivity contribution in [1.29, 1.82) is 0 Å². The van der Waals surface area contributed by atoms with Crippen molar-refractivity contribution in [3.8, 4) is 55.6 Å². The molecule has 0 heteroatoms. The van der Waals surface area contributed by atoms with E-state index in [1.54, 1.807) is 0 Å². The Labute approximate surface area is 294 Å². The Hall–Kier alpha value is -5.72. The number of benzene rings is 8. The molecule has 0 heterocycles. The van der Waals surface area contributed by atoms with Crippen molar-refractivity contribution in [1.82, 2.24) is 0 Å². The highest BCUT2D eigenvalue weighted by Gasteiger charge is 2.44. The summed E-state index contributed by atoms with van der Waals surface area (Å²) >= 11 is 0. The number of fused-ring (bicyclic) bond motifs is 9. The highest BCUT2D eigenvalue weighted by atomic mass is 14.5. The highest BCUT2D eigenvalue weighted by molar-refractivity contribution is 6.02. The molecule has 0 saturated carbocycles. The zero-order valence-corrected chi connectivity index (χ0v) is 29.0. The van der Waals surface area contributed by atoms with E-state index >= 15 is 0 Å². The van der Waals surface area contributed by atoms with Crippen LogP contribution in [0.1, 0.15) is 49.9 Å². The van der Waals surface area contributed by atoms with Crippen LogP contribution in [0.25, 0.3) is 77.2 Å². The molecule has 0 aliphatic heterocycles. The monoisotopic (exact) mass is 638 g/mol. The summed E-state index contributed by atoms with van der Waals surface area (Å²) < 4.78 is 0. The molecule has 0 radical (unpaired) electrons. The summed E-state index contributed by atoms with van der Waals surface area (Å²) in [5, 5.41) is 5.06. The van der Waals surface area contributed by atoms with Gasteiger partial charge in [0.15, 0.2) is 0 Å². The average molecular weight is 639 g/mol. The van der Waals surface area contributed by atoms with Crippen LogP contribution in [-0.2, 0) is 10.8 Å². The average Bonchev–Trinajstić information content (AvgIpc) is 3.53. The third kappa shape index (κ3) is 4.12. The van der Waals surface area contributed by atoms with E-state index in [2.05, 4.69) is 185 Å². The van der Waals surface area contributed by atoms with Gasteiger partial charge in [0.1, 0.15) is 0 Å². The molecule has 2 aliphatic carbocycles. The van der Waals surface area contributed by atoms with Gasteiger partial charge in [-0.3, -0.25) is 0 Å².